The van der Waals surface area contributed by atoms with E-state index in [9.17, 15) is 0 Å². The molecular weight excluding hydrogens is 356 g/mol. The summed E-state index contributed by atoms with van der Waals surface area (Å²) in [5.74, 6) is 4.41. The number of hydrogen-bond acceptors (Lipinski definition) is 6. The lowest BCUT2D eigenvalue weighted by Gasteiger charge is -2.33. The molecule has 1 aromatic carbocycles. The van der Waals surface area contributed by atoms with Gasteiger partial charge in [0.15, 0.2) is 0 Å². The predicted molar refractivity (Wildman–Crippen MR) is 114 cm³/mol. The molecule has 3 heterocycles. The minimum Gasteiger partial charge on any atom is -0.494 e. The highest BCUT2D eigenvalue weighted by Gasteiger charge is 2.24. The normalized spacial score (nSPS) is 20.0. The van der Waals surface area contributed by atoms with Gasteiger partial charge in [0.1, 0.15) is 5.75 Å². The zero-order valence-corrected chi connectivity index (χ0v) is 17.3. The zero-order chi connectivity index (χ0) is 18.6. The van der Waals surface area contributed by atoms with E-state index in [1.807, 2.05) is 13.0 Å². The van der Waals surface area contributed by atoms with Crippen LogP contribution in [0.15, 0.2) is 18.2 Å². The summed E-state index contributed by atoms with van der Waals surface area (Å²) in [6.45, 7) is 9.15. The highest BCUT2D eigenvalue weighted by molar-refractivity contribution is 7.99. The maximum absolute atomic E-state index is 5.63. The van der Waals surface area contributed by atoms with Crippen molar-refractivity contribution >= 4 is 28.6 Å². The van der Waals surface area contributed by atoms with E-state index in [2.05, 4.69) is 40.6 Å². The lowest BCUT2D eigenvalue weighted by atomic mass is 10.1. The van der Waals surface area contributed by atoms with Gasteiger partial charge in [-0.3, -0.25) is 4.90 Å². The van der Waals surface area contributed by atoms with E-state index in [0.717, 1.165) is 54.0 Å². The fourth-order valence-electron chi connectivity index (χ4n) is 4.20. The van der Waals surface area contributed by atoms with Crippen molar-refractivity contribution in [2.45, 2.75) is 39.2 Å². The molecule has 146 valence electrons. The Hall–Kier alpha value is -1.53. The third-order valence-electron chi connectivity index (χ3n) is 5.68. The van der Waals surface area contributed by atoms with Gasteiger partial charge in [-0.15, -0.1) is 0 Å². The fourth-order valence-corrected chi connectivity index (χ4v) is 5.28. The molecule has 2 saturated heterocycles. The summed E-state index contributed by atoms with van der Waals surface area (Å²) in [6.07, 6.45) is 3.88. The molecule has 0 bridgehead atoms. The van der Waals surface area contributed by atoms with E-state index in [-0.39, 0.29) is 0 Å². The molecule has 0 radical (unpaired) electrons. The summed E-state index contributed by atoms with van der Waals surface area (Å²) in [4.78, 5) is 14.8. The van der Waals surface area contributed by atoms with Crippen LogP contribution in [0.2, 0.25) is 0 Å². The zero-order valence-electron chi connectivity index (χ0n) is 16.5. The van der Waals surface area contributed by atoms with Crippen molar-refractivity contribution in [2.24, 2.45) is 0 Å². The van der Waals surface area contributed by atoms with Crippen molar-refractivity contribution in [3.8, 4) is 5.75 Å². The monoisotopic (exact) mass is 386 g/mol. The summed E-state index contributed by atoms with van der Waals surface area (Å²) in [7, 11) is 0. The largest absolute Gasteiger partial charge is 0.494 e. The van der Waals surface area contributed by atoms with Crippen LogP contribution in [0.4, 0.5) is 5.95 Å². The molecule has 0 N–H and O–H groups in total. The van der Waals surface area contributed by atoms with Crippen LogP contribution in [0.5, 0.6) is 5.75 Å². The number of hydrogen-bond donors (Lipinski definition) is 0. The quantitative estimate of drug-likeness (QED) is 0.797. The molecule has 0 unspecified atom stereocenters. The number of rotatable bonds is 4. The number of anilines is 1. The third kappa shape index (κ3) is 4.32. The standard InChI is InChI=1S/C21H30N4OS/c1-3-26-18-5-6-20-19(15-18)16(2)22-21(23-20)25-10-4-9-24(11-12-25)17-7-13-27-14-8-17/h5-6,15,17H,3-4,7-14H2,1-2H3. The van der Waals surface area contributed by atoms with Crippen LogP contribution in [0.1, 0.15) is 31.9 Å². The Morgan fingerprint density at radius 3 is 2.78 bits per heavy atom. The van der Waals surface area contributed by atoms with Crippen LogP contribution >= 0.6 is 11.8 Å². The van der Waals surface area contributed by atoms with Gasteiger partial charge in [0.05, 0.1) is 17.8 Å². The van der Waals surface area contributed by atoms with Gasteiger partial charge in [0.25, 0.3) is 0 Å². The predicted octanol–water partition coefficient (Wildman–Crippen LogP) is 3.74. The number of aryl methyl sites for hydroxylation is 1. The van der Waals surface area contributed by atoms with Crippen LogP contribution in [-0.4, -0.2) is 65.2 Å². The summed E-state index contributed by atoms with van der Waals surface area (Å²) in [6, 6.07) is 6.90. The van der Waals surface area contributed by atoms with E-state index in [4.69, 9.17) is 14.7 Å². The van der Waals surface area contributed by atoms with Gasteiger partial charge in [0.2, 0.25) is 5.95 Å². The van der Waals surface area contributed by atoms with Crippen molar-refractivity contribution in [1.82, 2.24) is 14.9 Å². The molecule has 5 nitrogen and oxygen atoms in total. The summed E-state index contributed by atoms with van der Waals surface area (Å²) in [5, 5.41) is 1.08. The second-order valence-corrected chi connectivity index (χ2v) is 8.67. The number of benzene rings is 1. The molecule has 0 aliphatic carbocycles. The number of thioether (sulfide) groups is 1. The smallest absolute Gasteiger partial charge is 0.226 e. The minimum atomic E-state index is 0.674. The van der Waals surface area contributed by atoms with E-state index >= 15 is 0 Å². The topological polar surface area (TPSA) is 41.5 Å². The highest BCUT2D eigenvalue weighted by atomic mass is 32.2. The number of ether oxygens (including phenoxy) is 1. The van der Waals surface area contributed by atoms with Crippen LogP contribution in [0.25, 0.3) is 10.9 Å². The van der Waals surface area contributed by atoms with E-state index < -0.39 is 0 Å². The Morgan fingerprint density at radius 2 is 1.96 bits per heavy atom. The van der Waals surface area contributed by atoms with Gasteiger partial charge in [-0.2, -0.15) is 11.8 Å². The Labute approximate surface area is 166 Å². The second kappa shape index (κ2) is 8.65. The van der Waals surface area contributed by atoms with Crippen molar-refractivity contribution in [3.05, 3.63) is 23.9 Å². The first kappa shape index (κ1) is 18.8. The summed E-state index contributed by atoms with van der Waals surface area (Å²) >= 11 is 2.11. The molecule has 2 aliphatic heterocycles. The molecule has 1 aromatic heterocycles. The van der Waals surface area contributed by atoms with Crippen molar-refractivity contribution < 1.29 is 4.74 Å². The maximum Gasteiger partial charge on any atom is 0.226 e. The molecule has 0 spiro atoms. The summed E-state index contributed by atoms with van der Waals surface area (Å²) in [5.41, 5.74) is 2.04. The van der Waals surface area contributed by atoms with Crippen LogP contribution < -0.4 is 9.64 Å². The van der Waals surface area contributed by atoms with Crippen molar-refractivity contribution in [1.29, 1.82) is 0 Å². The molecule has 2 aliphatic rings. The highest BCUT2D eigenvalue weighted by Crippen LogP contribution is 2.26. The average molecular weight is 387 g/mol. The Morgan fingerprint density at radius 1 is 1.11 bits per heavy atom. The molecule has 0 saturated carbocycles. The number of nitrogens with zero attached hydrogens (tertiary/aromatic N) is 4. The molecule has 2 fully saturated rings. The average Bonchev–Trinajstić information content (AvgIpc) is 2.95. The SMILES string of the molecule is CCOc1ccc2nc(N3CCCN(C4CCSCC4)CC3)nc(C)c2c1. The number of fused-ring (bicyclic) bond motifs is 1. The van der Waals surface area contributed by atoms with E-state index in [1.54, 1.807) is 0 Å². The van der Waals surface area contributed by atoms with Crippen LogP contribution in [0, 0.1) is 6.92 Å². The Balaban J connectivity index is 1.50. The van der Waals surface area contributed by atoms with Crippen molar-refractivity contribution in [3.63, 3.8) is 0 Å². The lowest BCUT2D eigenvalue weighted by molar-refractivity contribution is 0.198. The van der Waals surface area contributed by atoms with Crippen LogP contribution in [0.3, 0.4) is 0 Å². The first-order valence-electron chi connectivity index (χ1n) is 10.2. The minimum absolute atomic E-state index is 0.674. The van der Waals surface area contributed by atoms with Gasteiger partial charge in [-0.1, -0.05) is 0 Å². The molecular formula is C21H30N4OS. The van der Waals surface area contributed by atoms with Gasteiger partial charge >= 0.3 is 0 Å². The molecule has 2 aromatic rings. The molecule has 0 amide bonds. The second-order valence-electron chi connectivity index (χ2n) is 7.44. The summed E-state index contributed by atoms with van der Waals surface area (Å²) < 4.78 is 5.63. The van der Waals surface area contributed by atoms with Crippen molar-refractivity contribution in [2.75, 3.05) is 49.2 Å². The third-order valence-corrected chi connectivity index (χ3v) is 6.73. The molecule has 27 heavy (non-hydrogen) atoms. The Bertz CT molecular complexity index is 778. The van der Waals surface area contributed by atoms with Gasteiger partial charge in [-0.25, -0.2) is 9.97 Å². The van der Waals surface area contributed by atoms with E-state index in [1.165, 1.54) is 37.3 Å². The lowest BCUT2D eigenvalue weighted by Crippen LogP contribution is -2.40. The van der Waals surface area contributed by atoms with Gasteiger partial charge in [-0.05, 0) is 62.8 Å². The van der Waals surface area contributed by atoms with Gasteiger partial charge in [0, 0.05) is 37.6 Å². The maximum atomic E-state index is 5.63. The van der Waals surface area contributed by atoms with E-state index in [0.29, 0.717) is 6.61 Å². The molecule has 6 heteroatoms. The molecule has 4 rings (SSSR count). The van der Waals surface area contributed by atoms with Crippen LogP contribution in [-0.2, 0) is 0 Å². The fraction of sp³-hybridized carbons (Fsp3) is 0.619. The Kier molecular flexibility index (Phi) is 6.03. The molecule has 0 atom stereocenters. The first-order valence-corrected chi connectivity index (χ1v) is 11.4. The first-order chi connectivity index (χ1) is 13.2. The van der Waals surface area contributed by atoms with Gasteiger partial charge < -0.3 is 9.64 Å². The number of aromatic nitrogens is 2.